The van der Waals surface area contributed by atoms with E-state index in [1.54, 1.807) is 6.20 Å². The Morgan fingerprint density at radius 2 is 1.95 bits per heavy atom. The van der Waals surface area contributed by atoms with Gasteiger partial charge in [-0.2, -0.15) is 0 Å². The molecule has 0 radical (unpaired) electrons. The average Bonchev–Trinajstić information content (AvgIpc) is 2.33. The molecular weight excluding hydrogens is 282 g/mol. The Hall–Kier alpha value is -1.13. The molecule has 5 heteroatoms. The van der Waals surface area contributed by atoms with Crippen molar-refractivity contribution in [3.63, 3.8) is 0 Å². The van der Waals surface area contributed by atoms with E-state index < -0.39 is 0 Å². The molecule has 19 heavy (non-hydrogen) atoms. The Labute approximate surface area is 123 Å². The van der Waals surface area contributed by atoms with Crippen LogP contribution in [0, 0.1) is 13.8 Å². The van der Waals surface area contributed by atoms with E-state index >= 15 is 0 Å². The van der Waals surface area contributed by atoms with E-state index in [0.717, 1.165) is 21.0 Å². The monoisotopic (exact) mass is 299 g/mol. The second kappa shape index (κ2) is 6.87. The van der Waals surface area contributed by atoms with E-state index in [4.69, 9.17) is 16.3 Å². The molecule has 104 valence electrons. The number of carbonyl (C=O) groups is 1. The standard InChI is InChI=1S/C14H18ClNO2S/c1-9-7-12(10(2)6-11(9)15)19-13(8-16(3)4)14(17)18-5/h6-8H,1-5H3. The van der Waals surface area contributed by atoms with Crippen molar-refractivity contribution in [2.24, 2.45) is 0 Å². The van der Waals surface area contributed by atoms with Crippen LogP contribution >= 0.6 is 23.4 Å². The number of nitrogens with zero attached hydrogens (tertiary/aromatic N) is 1. The molecule has 0 bridgehead atoms. The van der Waals surface area contributed by atoms with Gasteiger partial charge in [-0.1, -0.05) is 23.4 Å². The van der Waals surface area contributed by atoms with Gasteiger partial charge in [-0.15, -0.1) is 0 Å². The fourth-order valence-electron chi connectivity index (χ4n) is 1.44. The first-order valence-electron chi connectivity index (χ1n) is 5.76. The summed E-state index contributed by atoms with van der Waals surface area (Å²) in [6, 6.07) is 3.89. The van der Waals surface area contributed by atoms with E-state index in [0.29, 0.717) is 4.91 Å². The van der Waals surface area contributed by atoms with Crippen LogP contribution in [0.4, 0.5) is 0 Å². The summed E-state index contributed by atoms with van der Waals surface area (Å²) in [5, 5.41) is 0.734. The fourth-order valence-corrected chi connectivity index (χ4v) is 2.78. The lowest BCUT2D eigenvalue weighted by Crippen LogP contribution is -2.09. The molecule has 0 heterocycles. The topological polar surface area (TPSA) is 29.5 Å². The van der Waals surface area contributed by atoms with Gasteiger partial charge >= 0.3 is 5.97 Å². The van der Waals surface area contributed by atoms with Crippen molar-refractivity contribution in [3.8, 4) is 0 Å². The van der Waals surface area contributed by atoms with Gasteiger partial charge in [-0.25, -0.2) is 4.79 Å². The summed E-state index contributed by atoms with van der Waals surface area (Å²) in [4.78, 5) is 15.1. The van der Waals surface area contributed by atoms with E-state index in [9.17, 15) is 4.79 Å². The number of esters is 1. The lowest BCUT2D eigenvalue weighted by molar-refractivity contribution is -0.135. The number of benzene rings is 1. The van der Waals surface area contributed by atoms with Crippen molar-refractivity contribution in [2.75, 3.05) is 21.2 Å². The maximum Gasteiger partial charge on any atom is 0.346 e. The Morgan fingerprint density at radius 3 is 2.47 bits per heavy atom. The molecule has 0 fully saturated rings. The van der Waals surface area contributed by atoms with Crippen LogP contribution in [0.15, 0.2) is 28.1 Å². The van der Waals surface area contributed by atoms with Crippen LogP contribution < -0.4 is 0 Å². The quantitative estimate of drug-likeness (QED) is 0.482. The maximum absolute atomic E-state index is 11.8. The fraction of sp³-hybridized carbons (Fsp3) is 0.357. The SMILES string of the molecule is COC(=O)C(=CN(C)C)Sc1cc(C)c(Cl)cc1C. The molecule has 1 rings (SSSR count). The third kappa shape index (κ3) is 4.48. The molecule has 1 aromatic rings. The number of halogens is 1. The Morgan fingerprint density at radius 1 is 1.32 bits per heavy atom. The zero-order valence-electron chi connectivity index (χ0n) is 11.8. The molecule has 0 unspecified atom stereocenters. The molecule has 0 saturated heterocycles. The zero-order valence-corrected chi connectivity index (χ0v) is 13.4. The number of methoxy groups -OCH3 is 1. The molecule has 0 saturated carbocycles. The van der Waals surface area contributed by atoms with Gasteiger partial charge in [0.05, 0.1) is 7.11 Å². The summed E-state index contributed by atoms with van der Waals surface area (Å²) in [6.45, 7) is 3.91. The van der Waals surface area contributed by atoms with Crippen molar-refractivity contribution in [3.05, 3.63) is 39.4 Å². The smallest absolute Gasteiger partial charge is 0.346 e. The summed E-state index contributed by atoms with van der Waals surface area (Å²) in [5.74, 6) is -0.342. The van der Waals surface area contributed by atoms with Crippen LogP contribution in [0.5, 0.6) is 0 Å². The minimum atomic E-state index is -0.342. The molecule has 0 spiro atoms. The summed E-state index contributed by atoms with van der Waals surface area (Å²) < 4.78 is 4.80. The molecule has 0 aliphatic carbocycles. The molecule has 0 N–H and O–H groups in total. The van der Waals surface area contributed by atoms with Crippen molar-refractivity contribution < 1.29 is 9.53 Å². The van der Waals surface area contributed by atoms with Gasteiger partial charge in [-0.05, 0) is 37.1 Å². The normalized spacial score (nSPS) is 11.4. The third-order valence-electron chi connectivity index (χ3n) is 2.44. The summed E-state index contributed by atoms with van der Waals surface area (Å²) in [7, 11) is 5.11. The van der Waals surface area contributed by atoms with E-state index in [1.165, 1.54) is 18.9 Å². The number of carbonyl (C=O) groups excluding carboxylic acids is 1. The molecule has 0 amide bonds. The molecule has 1 aromatic carbocycles. The number of ether oxygens (including phenoxy) is 1. The van der Waals surface area contributed by atoms with Crippen molar-refractivity contribution >= 4 is 29.3 Å². The van der Waals surface area contributed by atoms with E-state index in [2.05, 4.69) is 0 Å². The van der Waals surface area contributed by atoms with Crippen LogP contribution in [0.1, 0.15) is 11.1 Å². The van der Waals surface area contributed by atoms with Gasteiger partial charge in [0.25, 0.3) is 0 Å². The third-order valence-corrected chi connectivity index (χ3v) is 4.00. The number of rotatable bonds is 4. The molecule has 0 atom stereocenters. The van der Waals surface area contributed by atoms with Gasteiger partial charge in [0, 0.05) is 30.2 Å². The Balaban J connectivity index is 3.10. The number of hydrogen-bond acceptors (Lipinski definition) is 4. The lowest BCUT2D eigenvalue weighted by Gasteiger charge is -2.12. The second-order valence-corrected chi connectivity index (χ2v) is 5.91. The van der Waals surface area contributed by atoms with Crippen LogP contribution in [0.2, 0.25) is 5.02 Å². The van der Waals surface area contributed by atoms with Crippen LogP contribution in [0.25, 0.3) is 0 Å². The maximum atomic E-state index is 11.8. The predicted octanol–water partition coefficient (Wildman–Crippen LogP) is 3.62. The van der Waals surface area contributed by atoms with Gasteiger partial charge < -0.3 is 9.64 Å². The molecule has 0 aliphatic rings. The van der Waals surface area contributed by atoms with Crippen LogP contribution in [0.3, 0.4) is 0 Å². The zero-order chi connectivity index (χ0) is 14.6. The first-order valence-corrected chi connectivity index (χ1v) is 6.95. The minimum Gasteiger partial charge on any atom is -0.465 e. The Bertz CT molecular complexity index is 512. The predicted molar refractivity (Wildman–Crippen MR) is 80.6 cm³/mol. The van der Waals surface area contributed by atoms with Crippen molar-refractivity contribution in [1.82, 2.24) is 4.90 Å². The summed E-state index contributed by atoms with van der Waals surface area (Å²) in [6.07, 6.45) is 1.75. The highest BCUT2D eigenvalue weighted by Gasteiger charge is 2.14. The van der Waals surface area contributed by atoms with E-state index in [-0.39, 0.29) is 5.97 Å². The summed E-state index contributed by atoms with van der Waals surface area (Å²) in [5.41, 5.74) is 2.03. The van der Waals surface area contributed by atoms with Crippen molar-refractivity contribution in [1.29, 1.82) is 0 Å². The lowest BCUT2D eigenvalue weighted by atomic mass is 10.2. The van der Waals surface area contributed by atoms with Gasteiger partial charge in [0.15, 0.2) is 0 Å². The second-order valence-electron chi connectivity index (χ2n) is 4.42. The molecule has 0 aliphatic heterocycles. The number of hydrogen-bond donors (Lipinski definition) is 0. The summed E-state index contributed by atoms with van der Waals surface area (Å²) >= 11 is 7.46. The highest BCUT2D eigenvalue weighted by Crippen LogP contribution is 2.33. The first kappa shape index (κ1) is 15.9. The van der Waals surface area contributed by atoms with Crippen molar-refractivity contribution in [2.45, 2.75) is 18.7 Å². The minimum absolute atomic E-state index is 0.342. The number of thioether (sulfide) groups is 1. The highest BCUT2D eigenvalue weighted by atomic mass is 35.5. The van der Waals surface area contributed by atoms with E-state index in [1.807, 2.05) is 45.0 Å². The van der Waals surface area contributed by atoms with Gasteiger partial charge in [0.1, 0.15) is 4.91 Å². The average molecular weight is 300 g/mol. The highest BCUT2D eigenvalue weighted by molar-refractivity contribution is 8.04. The largest absolute Gasteiger partial charge is 0.465 e. The number of aryl methyl sites for hydroxylation is 2. The first-order chi connectivity index (χ1) is 8.85. The van der Waals surface area contributed by atoms with Gasteiger partial charge in [0.2, 0.25) is 0 Å². The molecular formula is C14H18ClNO2S. The molecule has 3 nitrogen and oxygen atoms in total. The molecule has 0 aromatic heterocycles. The van der Waals surface area contributed by atoms with Gasteiger partial charge in [-0.3, -0.25) is 0 Å². The Kier molecular flexibility index (Phi) is 5.76. The van der Waals surface area contributed by atoms with Crippen LogP contribution in [-0.2, 0) is 9.53 Å². The van der Waals surface area contributed by atoms with Crippen LogP contribution in [-0.4, -0.2) is 32.1 Å².